The first-order chi connectivity index (χ1) is 27.9. The van der Waals surface area contributed by atoms with Gasteiger partial charge in [0.15, 0.2) is 17.5 Å². The fourth-order valence-corrected chi connectivity index (χ4v) is 9.81. The van der Waals surface area contributed by atoms with Crippen LogP contribution in [0, 0.1) is 0 Å². The molecule has 57 heavy (non-hydrogen) atoms. The molecule has 0 amide bonds. The Morgan fingerprint density at radius 1 is 0.351 bits per heavy atom. The Morgan fingerprint density at radius 2 is 0.860 bits per heavy atom. The molecular formula is C53H41N3Si. The topological polar surface area (TPSA) is 38.7 Å². The zero-order chi connectivity index (χ0) is 38.6. The summed E-state index contributed by atoms with van der Waals surface area (Å²) in [5.41, 5.74) is 12.4. The number of nitrogens with zero attached hydrogens (tertiary/aromatic N) is 3. The van der Waals surface area contributed by atoms with Gasteiger partial charge in [0, 0.05) is 16.7 Å². The normalized spacial score (nSPS) is 14.6. The monoisotopic (exact) mass is 747 g/mol. The molecule has 0 radical (unpaired) electrons. The van der Waals surface area contributed by atoms with Crippen molar-refractivity contribution >= 4 is 24.0 Å². The molecule has 10 rings (SSSR count). The van der Waals surface area contributed by atoms with Crippen LogP contribution >= 0.6 is 0 Å². The number of benzene rings is 8. The van der Waals surface area contributed by atoms with E-state index in [1.54, 1.807) is 0 Å². The fraction of sp³-hybridized carbons (Fsp3) is 0.0755. The molecule has 0 fully saturated rings. The summed E-state index contributed by atoms with van der Waals surface area (Å²) in [4.78, 5) is 15.0. The Morgan fingerprint density at radius 3 is 1.51 bits per heavy atom. The summed E-state index contributed by atoms with van der Waals surface area (Å²) in [7, 11) is -1.66. The smallest absolute Gasteiger partial charge is 0.164 e. The second-order valence-corrected chi connectivity index (χ2v) is 21.1. The summed E-state index contributed by atoms with van der Waals surface area (Å²) in [5.74, 6) is 1.95. The van der Waals surface area contributed by atoms with Gasteiger partial charge in [0.1, 0.15) is 0 Å². The lowest BCUT2D eigenvalue weighted by atomic mass is 9.67. The molecule has 1 heterocycles. The van der Waals surface area contributed by atoms with Crippen molar-refractivity contribution in [2.75, 3.05) is 0 Å². The van der Waals surface area contributed by atoms with E-state index in [0.29, 0.717) is 17.5 Å². The Bertz CT molecular complexity index is 2880. The van der Waals surface area contributed by atoms with Gasteiger partial charge < -0.3 is 0 Å². The Labute approximate surface area is 335 Å². The summed E-state index contributed by atoms with van der Waals surface area (Å²) in [5, 5.41) is 3.95. The summed E-state index contributed by atoms with van der Waals surface area (Å²) in [6.07, 6.45) is 0. The van der Waals surface area contributed by atoms with Crippen molar-refractivity contribution in [3.63, 3.8) is 0 Å². The second kappa shape index (κ2) is 13.8. The molecule has 3 nitrogen and oxygen atoms in total. The average Bonchev–Trinajstić information content (AvgIpc) is 3.56. The molecule has 0 saturated heterocycles. The molecule has 4 heteroatoms. The van der Waals surface area contributed by atoms with E-state index in [1.165, 1.54) is 49.3 Å². The zero-order valence-corrected chi connectivity index (χ0v) is 33.3. The number of aromatic nitrogens is 3. The van der Waals surface area contributed by atoms with Gasteiger partial charge in [0.05, 0.1) is 13.5 Å². The predicted molar refractivity (Wildman–Crippen MR) is 239 cm³/mol. The minimum absolute atomic E-state index is 0.525. The molecule has 9 aromatic rings. The van der Waals surface area contributed by atoms with Gasteiger partial charge in [-0.15, -0.1) is 0 Å². The van der Waals surface area contributed by atoms with Crippen molar-refractivity contribution in [1.29, 1.82) is 0 Å². The molecule has 0 spiro atoms. The first-order valence-electron chi connectivity index (χ1n) is 19.7. The van der Waals surface area contributed by atoms with E-state index in [4.69, 9.17) is 15.0 Å². The third kappa shape index (κ3) is 6.01. The van der Waals surface area contributed by atoms with Gasteiger partial charge in [-0.2, -0.15) is 0 Å². The van der Waals surface area contributed by atoms with Crippen LogP contribution in [0.1, 0.15) is 22.3 Å². The highest BCUT2D eigenvalue weighted by molar-refractivity contribution is 6.88. The molecule has 1 aliphatic rings. The minimum Gasteiger partial charge on any atom is -0.208 e. The highest BCUT2D eigenvalue weighted by Crippen LogP contribution is 2.57. The lowest BCUT2D eigenvalue weighted by molar-refractivity contribution is 0.771. The van der Waals surface area contributed by atoms with E-state index >= 15 is 0 Å². The van der Waals surface area contributed by atoms with Crippen molar-refractivity contribution in [2.45, 2.75) is 25.1 Å². The third-order valence-electron chi connectivity index (χ3n) is 11.5. The van der Waals surface area contributed by atoms with Gasteiger partial charge in [-0.05, 0) is 73.5 Å². The summed E-state index contributed by atoms with van der Waals surface area (Å²) >= 11 is 0. The SMILES string of the molecule is C[Si](C)(C)c1ccc2c(c1)C(c1ccccc1)(c1ccc3ccccc3c1)c1cc(-c3cccc(-c4nc(-c5ccccc5)nc(-c5ccccc5)n4)c3)ccc1-2. The minimum atomic E-state index is -1.66. The highest BCUT2D eigenvalue weighted by Gasteiger charge is 2.47. The summed E-state index contributed by atoms with van der Waals surface area (Å²) in [6, 6.07) is 70.3. The van der Waals surface area contributed by atoms with Gasteiger partial charge in [-0.25, -0.2) is 15.0 Å². The molecular weight excluding hydrogens is 707 g/mol. The average molecular weight is 748 g/mol. The lowest BCUT2D eigenvalue weighted by Crippen LogP contribution is -2.39. The van der Waals surface area contributed by atoms with Crippen LogP contribution in [0.2, 0.25) is 19.6 Å². The molecule has 0 bridgehead atoms. The maximum absolute atomic E-state index is 5.06. The van der Waals surface area contributed by atoms with Crippen LogP contribution in [0.3, 0.4) is 0 Å². The van der Waals surface area contributed by atoms with E-state index in [9.17, 15) is 0 Å². The van der Waals surface area contributed by atoms with Gasteiger partial charge in [-0.3, -0.25) is 0 Å². The van der Waals surface area contributed by atoms with Gasteiger partial charge in [0.2, 0.25) is 0 Å². The van der Waals surface area contributed by atoms with Crippen molar-refractivity contribution < 1.29 is 0 Å². The van der Waals surface area contributed by atoms with Crippen molar-refractivity contribution in [2.24, 2.45) is 0 Å². The second-order valence-electron chi connectivity index (χ2n) is 16.1. The molecule has 0 N–H and O–H groups in total. The molecule has 1 aliphatic carbocycles. The molecule has 0 saturated carbocycles. The maximum Gasteiger partial charge on any atom is 0.164 e. The van der Waals surface area contributed by atoms with Crippen LogP contribution in [0.5, 0.6) is 0 Å². The third-order valence-corrected chi connectivity index (χ3v) is 13.6. The summed E-state index contributed by atoms with van der Waals surface area (Å²) in [6.45, 7) is 7.33. The molecule has 272 valence electrons. The Hall–Kier alpha value is -6.75. The Balaban J connectivity index is 1.18. The Kier molecular flexibility index (Phi) is 8.39. The van der Waals surface area contributed by atoms with Crippen molar-refractivity contribution in [1.82, 2.24) is 15.0 Å². The maximum atomic E-state index is 5.06. The van der Waals surface area contributed by atoms with Crippen LogP contribution in [-0.4, -0.2) is 23.0 Å². The van der Waals surface area contributed by atoms with E-state index < -0.39 is 13.5 Å². The van der Waals surface area contributed by atoms with Gasteiger partial charge in [0.25, 0.3) is 0 Å². The standard InChI is InChI=1S/C53H41N3Si/c1-57(2,3)45-29-31-47-46-30-27-41(34-48(46)53(49(47)35-45,43-24-11-6-12-25-43)44-28-26-36-16-13-14-21-40(36)33-44)39-22-15-23-42(32-39)52-55-50(37-17-7-4-8-18-37)54-51(56-52)38-19-9-5-10-20-38/h4-35H,1-3H3. The summed E-state index contributed by atoms with van der Waals surface area (Å²) < 4.78 is 0. The van der Waals surface area contributed by atoms with Crippen LogP contribution in [0.4, 0.5) is 0 Å². The van der Waals surface area contributed by atoms with Crippen LogP contribution in [0.25, 0.3) is 67.2 Å². The van der Waals surface area contributed by atoms with E-state index in [1.807, 2.05) is 60.7 Å². The predicted octanol–water partition coefficient (Wildman–Crippen LogP) is 12.6. The number of fused-ring (bicyclic) bond motifs is 4. The first-order valence-corrected chi connectivity index (χ1v) is 23.2. The van der Waals surface area contributed by atoms with E-state index in [2.05, 4.69) is 153 Å². The van der Waals surface area contributed by atoms with Crippen LogP contribution < -0.4 is 5.19 Å². The number of rotatable bonds is 7. The van der Waals surface area contributed by atoms with Crippen LogP contribution in [-0.2, 0) is 5.41 Å². The molecule has 1 aromatic heterocycles. The van der Waals surface area contributed by atoms with Gasteiger partial charge in [-0.1, -0.05) is 201 Å². The van der Waals surface area contributed by atoms with Crippen molar-refractivity contribution in [3.05, 3.63) is 216 Å². The van der Waals surface area contributed by atoms with E-state index in [-0.39, 0.29) is 0 Å². The van der Waals surface area contributed by atoms with E-state index in [0.717, 1.165) is 27.8 Å². The largest absolute Gasteiger partial charge is 0.208 e. The number of hydrogen-bond donors (Lipinski definition) is 0. The quantitative estimate of drug-likeness (QED) is 0.152. The molecule has 8 aromatic carbocycles. The molecule has 0 aliphatic heterocycles. The van der Waals surface area contributed by atoms with Crippen LogP contribution in [0.15, 0.2) is 194 Å². The van der Waals surface area contributed by atoms with Gasteiger partial charge >= 0.3 is 0 Å². The fourth-order valence-electron chi connectivity index (χ4n) is 8.64. The molecule has 1 unspecified atom stereocenters. The molecule has 1 atom stereocenters. The lowest BCUT2D eigenvalue weighted by Gasteiger charge is -2.35. The van der Waals surface area contributed by atoms with Crippen molar-refractivity contribution in [3.8, 4) is 56.4 Å². The highest BCUT2D eigenvalue weighted by atomic mass is 28.3. The number of hydrogen-bond acceptors (Lipinski definition) is 3. The first kappa shape index (κ1) is 34.7. The zero-order valence-electron chi connectivity index (χ0n) is 32.3.